The first-order chi connectivity index (χ1) is 61.3. The van der Waals surface area contributed by atoms with Gasteiger partial charge in [-0.1, -0.05) is 303 Å². The van der Waals surface area contributed by atoms with Gasteiger partial charge >= 0.3 is 0 Å². The summed E-state index contributed by atoms with van der Waals surface area (Å²) in [6, 6.07) is 146. The van der Waals surface area contributed by atoms with E-state index in [2.05, 4.69) is 271 Å². The Morgan fingerprint density at radius 2 is 0.532 bits per heavy atom. The summed E-state index contributed by atoms with van der Waals surface area (Å²) < 4.78 is 9.50. The molecule has 0 amide bonds. The molecule has 0 fully saturated rings. The van der Waals surface area contributed by atoms with Crippen LogP contribution in [0.2, 0.25) is 0 Å². The average molecular weight is 1580 g/mol. The lowest BCUT2D eigenvalue weighted by molar-refractivity contribution is 1.15. The van der Waals surface area contributed by atoms with Gasteiger partial charge in [-0.25, -0.2) is 9.69 Å². The van der Waals surface area contributed by atoms with Gasteiger partial charge in [0, 0.05) is 82.5 Å². The number of fused-ring (bicyclic) bond motifs is 14. The zero-order valence-corrected chi connectivity index (χ0v) is 66.6. The molecule has 10 nitrogen and oxygen atoms in total. The standard InChI is InChI=1S/2C57H33N5/c1-60-55-49(37-16-6-2-7-17-37)34-48(51(36-59)54(55)38-18-8-3-9-19-38)39-26-28-44(41(32-39)35-58)40-27-31-53-50(33-40)47-30-29-46-45-24-14-15-25-52(45)61(42-20-10-4-11-21-42)56(46)57(47)62(53)43-22-12-5-13-23-43;1-60-52-32-39(49-34-48(37-16-6-2-7-17-37)50(35-58)55(51(49)36-59)38-18-8-3-9-19-38)26-28-43(52)40-27-29-45-47-31-30-46-44-24-14-15-25-53(44)61(41-20-10-4-11-21-41)56(46)57(47)62(54(45)33-40)42-22-12-5-13-23-42/h2*2-34H. The van der Waals surface area contributed by atoms with Crippen LogP contribution in [0.15, 0.2) is 400 Å². The molecule has 0 aliphatic heterocycles. The summed E-state index contributed by atoms with van der Waals surface area (Å²) in [4.78, 5) is 8.11. The van der Waals surface area contributed by atoms with Crippen molar-refractivity contribution in [3.63, 3.8) is 0 Å². The summed E-state index contributed by atoms with van der Waals surface area (Å²) in [7, 11) is 0. The van der Waals surface area contributed by atoms with Gasteiger partial charge in [0.2, 0.25) is 5.69 Å². The molecule has 22 rings (SSSR count). The first kappa shape index (κ1) is 73.7. The number of nitrogens with zero attached hydrogens (tertiary/aromatic N) is 10. The van der Waals surface area contributed by atoms with Crippen LogP contribution in [0.4, 0.5) is 11.4 Å². The molecule has 4 aromatic heterocycles. The number of aromatic nitrogens is 4. The summed E-state index contributed by atoms with van der Waals surface area (Å²) in [6.45, 7) is 16.8. The Bertz CT molecular complexity index is 8250. The van der Waals surface area contributed by atoms with Gasteiger partial charge in [-0.05, 0) is 169 Å². The Morgan fingerprint density at radius 3 is 0.984 bits per heavy atom. The van der Waals surface area contributed by atoms with Crippen molar-refractivity contribution in [3.05, 3.63) is 445 Å². The van der Waals surface area contributed by atoms with E-state index in [0.717, 1.165) is 155 Å². The molecule has 0 saturated carbocycles. The van der Waals surface area contributed by atoms with Crippen molar-refractivity contribution >= 4 is 98.6 Å². The fraction of sp³-hybridized carbons (Fsp3) is 0. The van der Waals surface area contributed by atoms with E-state index in [9.17, 15) is 21.0 Å². The largest absolute Gasteiger partial charge is 0.307 e. The quantitative estimate of drug-likeness (QED) is 0.113. The zero-order valence-electron chi connectivity index (χ0n) is 66.6. The molecular weight excluding hydrogens is 1510 g/mol. The minimum atomic E-state index is 0.393. The van der Waals surface area contributed by atoms with Gasteiger partial charge in [-0.3, -0.25) is 0 Å². The van der Waals surface area contributed by atoms with E-state index in [1.165, 1.54) is 21.5 Å². The van der Waals surface area contributed by atoms with Crippen LogP contribution in [0, 0.1) is 58.5 Å². The predicted octanol–water partition coefficient (Wildman–Crippen LogP) is 29.7. The van der Waals surface area contributed by atoms with Crippen LogP contribution < -0.4 is 0 Å². The van der Waals surface area contributed by atoms with Crippen LogP contribution in [-0.4, -0.2) is 18.3 Å². The summed E-state index contributed by atoms with van der Waals surface area (Å²) in [5.74, 6) is 0. The fourth-order valence-corrected chi connectivity index (χ4v) is 18.6. The molecule has 0 aliphatic rings. The highest BCUT2D eigenvalue weighted by Gasteiger charge is 2.29. The molecule has 0 radical (unpaired) electrons. The molecule has 22 aromatic rings. The van der Waals surface area contributed by atoms with E-state index in [4.69, 9.17) is 13.1 Å². The second-order valence-corrected chi connectivity index (χ2v) is 30.7. The highest BCUT2D eigenvalue weighted by atomic mass is 15.1. The molecule has 124 heavy (non-hydrogen) atoms. The molecule has 0 unspecified atom stereocenters. The number of nitriles is 4. The Kier molecular flexibility index (Phi) is 18.3. The maximum Gasteiger partial charge on any atom is 0.203 e. The first-order valence-electron chi connectivity index (χ1n) is 40.8. The summed E-state index contributed by atoms with van der Waals surface area (Å²) in [5.41, 5.74) is 27.8. The molecule has 0 aliphatic carbocycles. The van der Waals surface area contributed by atoms with Gasteiger partial charge in [-0.15, -0.1) is 0 Å². The Hall–Kier alpha value is -17.9. The second-order valence-electron chi connectivity index (χ2n) is 30.7. The molecule has 18 aromatic carbocycles. The van der Waals surface area contributed by atoms with E-state index in [-0.39, 0.29) is 0 Å². The van der Waals surface area contributed by atoms with Crippen LogP contribution in [0.3, 0.4) is 0 Å². The van der Waals surface area contributed by atoms with E-state index in [1.807, 2.05) is 182 Å². The van der Waals surface area contributed by atoms with Crippen molar-refractivity contribution < 1.29 is 0 Å². The summed E-state index contributed by atoms with van der Waals surface area (Å²) >= 11 is 0. The minimum Gasteiger partial charge on any atom is -0.307 e. The molecule has 4 heterocycles. The maximum atomic E-state index is 10.8. The van der Waals surface area contributed by atoms with Crippen LogP contribution >= 0.6 is 0 Å². The predicted molar refractivity (Wildman–Crippen MR) is 505 cm³/mol. The molecule has 0 bridgehead atoms. The zero-order chi connectivity index (χ0) is 83.5. The fourth-order valence-electron chi connectivity index (χ4n) is 18.6. The Morgan fingerprint density at radius 1 is 0.210 bits per heavy atom. The van der Waals surface area contributed by atoms with Crippen LogP contribution in [0.1, 0.15) is 22.3 Å². The van der Waals surface area contributed by atoms with Crippen LogP contribution in [0.25, 0.3) is 209 Å². The van der Waals surface area contributed by atoms with E-state index in [1.54, 1.807) is 0 Å². The summed E-state index contributed by atoms with van der Waals surface area (Å²) in [5, 5.41) is 52.2. The monoisotopic (exact) mass is 1570 g/mol. The third-order valence-corrected chi connectivity index (χ3v) is 24.1. The van der Waals surface area contributed by atoms with Crippen molar-refractivity contribution in [1.82, 2.24) is 18.3 Å². The lowest BCUT2D eigenvalue weighted by atomic mass is 9.83. The average Bonchev–Trinajstić information content (AvgIpc) is 1.57. The van der Waals surface area contributed by atoms with Crippen molar-refractivity contribution in [1.29, 1.82) is 21.0 Å². The van der Waals surface area contributed by atoms with Gasteiger partial charge in [0.15, 0.2) is 5.69 Å². The summed E-state index contributed by atoms with van der Waals surface area (Å²) in [6.07, 6.45) is 0. The van der Waals surface area contributed by atoms with E-state index < -0.39 is 0 Å². The van der Waals surface area contributed by atoms with Gasteiger partial charge in [-0.2, -0.15) is 21.0 Å². The third kappa shape index (κ3) is 12.1. The van der Waals surface area contributed by atoms with Gasteiger partial charge in [0.05, 0.1) is 91.7 Å². The lowest BCUT2D eigenvalue weighted by Gasteiger charge is -2.18. The Balaban J connectivity index is 0.000000152. The van der Waals surface area contributed by atoms with Crippen molar-refractivity contribution in [2.45, 2.75) is 0 Å². The van der Waals surface area contributed by atoms with Gasteiger partial charge in [0.1, 0.15) is 12.1 Å². The Labute approximate surface area is 714 Å². The molecule has 0 atom stereocenters. The SMILES string of the molecule is [C-]#[N+]c1c(-c2ccccc2)cc(-c2ccc(-c3ccc4c(c3)c3ccc5c6ccccc6n(-c6ccccc6)c5c3n4-c3ccccc3)c(C#N)c2)c(C#N)c1-c1ccccc1.[C-]#[N+]c1cc(-c2cc(-c3ccccc3)c(C#N)c(-c3ccccc3)c2C#N)ccc1-c1ccc2c3ccc4c5ccccc5n(-c5ccccc5)c4c3n(-c3ccccc3)c2c1. The first-order valence-corrected chi connectivity index (χ1v) is 40.8. The number of hydrogen-bond acceptors (Lipinski definition) is 4. The number of hydrogen-bond donors (Lipinski definition) is 0. The number of rotatable bonds is 12. The molecule has 0 N–H and O–H groups in total. The highest BCUT2D eigenvalue weighted by molar-refractivity contribution is 6.26. The number of para-hydroxylation sites is 6. The number of benzene rings is 18. The normalized spacial score (nSPS) is 11.2. The van der Waals surface area contributed by atoms with Crippen molar-refractivity contribution in [2.75, 3.05) is 0 Å². The smallest absolute Gasteiger partial charge is 0.203 e. The van der Waals surface area contributed by atoms with Crippen molar-refractivity contribution in [2.24, 2.45) is 0 Å². The third-order valence-electron chi connectivity index (χ3n) is 24.1. The van der Waals surface area contributed by atoms with Gasteiger partial charge < -0.3 is 18.3 Å². The molecule has 0 saturated heterocycles. The lowest BCUT2D eigenvalue weighted by Crippen LogP contribution is -1.98. The van der Waals surface area contributed by atoms with E-state index in [0.29, 0.717) is 55.9 Å². The topological polar surface area (TPSA) is 124 Å². The van der Waals surface area contributed by atoms with E-state index >= 15 is 0 Å². The van der Waals surface area contributed by atoms with Crippen molar-refractivity contribution in [3.8, 4) is 136 Å². The highest BCUT2D eigenvalue weighted by Crippen LogP contribution is 2.51. The molecule has 10 heteroatoms. The molecule has 572 valence electrons. The molecule has 0 spiro atoms. The second kappa shape index (κ2) is 30.9. The molecular formula is C114H66N10. The van der Waals surface area contributed by atoms with Gasteiger partial charge in [0.25, 0.3) is 0 Å². The van der Waals surface area contributed by atoms with Crippen LogP contribution in [-0.2, 0) is 0 Å². The minimum absolute atomic E-state index is 0.393. The maximum absolute atomic E-state index is 10.8. The van der Waals surface area contributed by atoms with Crippen LogP contribution in [0.5, 0.6) is 0 Å².